The summed E-state index contributed by atoms with van der Waals surface area (Å²) in [6.45, 7) is 3.91. The predicted molar refractivity (Wildman–Crippen MR) is 53.6 cm³/mol. The molecule has 0 aliphatic carbocycles. The molecule has 2 aliphatic rings. The standard InChI is InChI=1S/C10H14O2S/c1-6-8-4-5-10(12-8,13-3)7(2)9(6)11/h4-8H,1-3H3/t6-,7-,8-,10+/m1/s1. The minimum Gasteiger partial charge on any atom is -0.352 e. The van der Waals surface area contributed by atoms with Crippen molar-refractivity contribution in [3.63, 3.8) is 0 Å². The summed E-state index contributed by atoms with van der Waals surface area (Å²) in [5.41, 5.74) is 0. The molecular formula is C10H14O2S. The quantitative estimate of drug-likeness (QED) is 0.601. The van der Waals surface area contributed by atoms with Gasteiger partial charge in [-0.2, -0.15) is 0 Å². The van der Waals surface area contributed by atoms with Crippen LogP contribution in [0.1, 0.15) is 13.8 Å². The Kier molecular flexibility index (Phi) is 2.04. The number of hydrogen-bond donors (Lipinski definition) is 0. The van der Waals surface area contributed by atoms with Crippen molar-refractivity contribution in [2.24, 2.45) is 11.8 Å². The van der Waals surface area contributed by atoms with Gasteiger partial charge in [0.15, 0.2) is 0 Å². The minimum atomic E-state index is -0.367. The van der Waals surface area contributed by atoms with Crippen molar-refractivity contribution in [3.05, 3.63) is 12.2 Å². The third-order valence-corrected chi connectivity index (χ3v) is 4.35. The van der Waals surface area contributed by atoms with Gasteiger partial charge >= 0.3 is 0 Å². The van der Waals surface area contributed by atoms with E-state index in [2.05, 4.69) is 6.08 Å². The van der Waals surface area contributed by atoms with Gasteiger partial charge in [-0.25, -0.2) is 0 Å². The van der Waals surface area contributed by atoms with Crippen molar-refractivity contribution in [1.82, 2.24) is 0 Å². The maximum atomic E-state index is 11.8. The average Bonchev–Trinajstić information content (AvgIpc) is 2.55. The lowest BCUT2D eigenvalue weighted by atomic mass is 9.87. The van der Waals surface area contributed by atoms with Gasteiger partial charge in [0.1, 0.15) is 10.7 Å². The monoisotopic (exact) mass is 198 g/mol. The van der Waals surface area contributed by atoms with Crippen LogP contribution >= 0.6 is 11.8 Å². The molecule has 0 N–H and O–H groups in total. The van der Waals surface area contributed by atoms with Gasteiger partial charge in [0.25, 0.3) is 0 Å². The van der Waals surface area contributed by atoms with E-state index >= 15 is 0 Å². The molecule has 13 heavy (non-hydrogen) atoms. The molecule has 4 atom stereocenters. The molecule has 0 unspecified atom stereocenters. The van der Waals surface area contributed by atoms with Crippen molar-refractivity contribution in [1.29, 1.82) is 0 Å². The van der Waals surface area contributed by atoms with Gasteiger partial charge < -0.3 is 4.74 Å². The highest BCUT2D eigenvalue weighted by molar-refractivity contribution is 8.00. The van der Waals surface area contributed by atoms with Crippen LogP contribution in [0.2, 0.25) is 0 Å². The lowest BCUT2D eigenvalue weighted by Gasteiger charge is -2.39. The Morgan fingerprint density at radius 1 is 1.54 bits per heavy atom. The molecule has 3 heteroatoms. The lowest BCUT2D eigenvalue weighted by Crippen LogP contribution is -2.47. The number of fused-ring (bicyclic) bond motifs is 2. The molecule has 0 amide bonds. The number of rotatable bonds is 1. The van der Waals surface area contributed by atoms with E-state index in [0.717, 1.165) is 0 Å². The Labute approximate surface area is 82.7 Å². The van der Waals surface area contributed by atoms with E-state index in [0.29, 0.717) is 5.78 Å². The van der Waals surface area contributed by atoms with Gasteiger partial charge in [-0.15, -0.1) is 11.8 Å². The van der Waals surface area contributed by atoms with Crippen molar-refractivity contribution in [3.8, 4) is 0 Å². The number of ketones is 1. The summed E-state index contributed by atoms with van der Waals surface area (Å²) >= 11 is 1.62. The summed E-state index contributed by atoms with van der Waals surface area (Å²) in [7, 11) is 0. The highest BCUT2D eigenvalue weighted by Gasteiger charge is 2.51. The van der Waals surface area contributed by atoms with Gasteiger partial charge in [-0.05, 0) is 12.3 Å². The van der Waals surface area contributed by atoms with Crippen LogP contribution in [0.5, 0.6) is 0 Å². The van der Waals surface area contributed by atoms with E-state index in [9.17, 15) is 4.79 Å². The minimum absolute atomic E-state index is 0.0103. The number of thioether (sulfide) groups is 1. The molecule has 0 aromatic heterocycles. The molecule has 2 aliphatic heterocycles. The fourth-order valence-electron chi connectivity index (χ4n) is 2.08. The highest BCUT2D eigenvalue weighted by atomic mass is 32.2. The zero-order valence-corrected chi connectivity index (χ0v) is 8.93. The average molecular weight is 198 g/mol. The summed E-state index contributed by atoms with van der Waals surface area (Å²) in [6, 6.07) is 0. The molecule has 2 heterocycles. The summed E-state index contributed by atoms with van der Waals surface area (Å²) in [4.78, 5) is 11.4. The molecule has 0 aromatic rings. The van der Waals surface area contributed by atoms with E-state index in [4.69, 9.17) is 4.74 Å². The van der Waals surface area contributed by atoms with Crippen LogP contribution in [0.25, 0.3) is 0 Å². The third-order valence-electron chi connectivity index (χ3n) is 3.13. The summed E-state index contributed by atoms with van der Waals surface area (Å²) in [5.74, 6) is 0.331. The van der Waals surface area contributed by atoms with E-state index in [-0.39, 0.29) is 22.9 Å². The van der Waals surface area contributed by atoms with Crippen molar-refractivity contribution < 1.29 is 9.53 Å². The first-order valence-corrected chi connectivity index (χ1v) is 5.79. The second-order valence-electron chi connectivity index (χ2n) is 3.78. The molecule has 2 nitrogen and oxygen atoms in total. The van der Waals surface area contributed by atoms with Gasteiger partial charge in [0.05, 0.1) is 12.0 Å². The largest absolute Gasteiger partial charge is 0.352 e. The highest BCUT2D eigenvalue weighted by Crippen LogP contribution is 2.46. The zero-order valence-electron chi connectivity index (χ0n) is 8.11. The normalized spacial score (nSPS) is 48.5. The summed E-state index contributed by atoms with van der Waals surface area (Å²) in [6.07, 6.45) is 6.08. The lowest BCUT2D eigenvalue weighted by molar-refractivity contribution is -0.146. The number of Topliss-reactive ketones (excluding diaryl/α,β-unsaturated/α-hetero) is 1. The third kappa shape index (κ3) is 1.10. The zero-order chi connectivity index (χ0) is 9.64. The molecule has 1 fully saturated rings. The number of hydrogen-bond acceptors (Lipinski definition) is 3. The Morgan fingerprint density at radius 2 is 2.23 bits per heavy atom. The Morgan fingerprint density at radius 3 is 2.85 bits per heavy atom. The summed E-state index contributed by atoms with van der Waals surface area (Å²) < 4.78 is 5.86. The number of carbonyl (C=O) groups is 1. The van der Waals surface area contributed by atoms with Gasteiger partial charge in [0.2, 0.25) is 0 Å². The smallest absolute Gasteiger partial charge is 0.145 e. The summed E-state index contributed by atoms with van der Waals surface area (Å²) in [5, 5.41) is 0. The van der Waals surface area contributed by atoms with Crippen LogP contribution < -0.4 is 0 Å². The number of ether oxygens (including phenoxy) is 1. The molecule has 0 aromatic carbocycles. The van der Waals surface area contributed by atoms with Crippen molar-refractivity contribution in [2.45, 2.75) is 24.9 Å². The topological polar surface area (TPSA) is 26.3 Å². The Hall–Kier alpha value is -0.280. The molecular weight excluding hydrogens is 184 g/mol. The van der Waals surface area contributed by atoms with Crippen molar-refractivity contribution >= 4 is 17.5 Å². The molecule has 2 bridgehead atoms. The van der Waals surface area contributed by atoms with Gasteiger partial charge in [-0.3, -0.25) is 4.79 Å². The van der Waals surface area contributed by atoms with Gasteiger partial charge in [0, 0.05) is 5.92 Å². The maximum Gasteiger partial charge on any atom is 0.145 e. The van der Waals surface area contributed by atoms with E-state index < -0.39 is 0 Å². The molecule has 1 saturated heterocycles. The van der Waals surface area contributed by atoms with Crippen LogP contribution in [-0.4, -0.2) is 23.1 Å². The van der Waals surface area contributed by atoms with Crippen LogP contribution in [0.4, 0.5) is 0 Å². The second-order valence-corrected chi connectivity index (χ2v) is 4.83. The van der Waals surface area contributed by atoms with E-state index in [1.165, 1.54) is 0 Å². The van der Waals surface area contributed by atoms with Crippen molar-refractivity contribution in [2.75, 3.05) is 6.26 Å². The molecule has 0 radical (unpaired) electrons. The molecule has 0 spiro atoms. The van der Waals surface area contributed by atoms with Crippen LogP contribution in [0.3, 0.4) is 0 Å². The maximum absolute atomic E-state index is 11.8. The first-order valence-electron chi connectivity index (χ1n) is 4.57. The first kappa shape index (κ1) is 9.28. The van der Waals surface area contributed by atoms with E-state index in [1.807, 2.05) is 26.2 Å². The second kappa shape index (κ2) is 2.85. The SMILES string of the molecule is CS[C@]12C=C[C@@H](O1)[C@@H](C)C(=O)[C@H]2C. The fraction of sp³-hybridized carbons (Fsp3) is 0.700. The predicted octanol–water partition coefficient (Wildman–Crippen LogP) is 1.86. The number of carbonyl (C=O) groups excluding carboxylic acids is 1. The Bertz CT molecular complexity index is 274. The van der Waals surface area contributed by atoms with E-state index in [1.54, 1.807) is 11.8 Å². The molecule has 2 rings (SSSR count). The molecule has 0 saturated carbocycles. The first-order chi connectivity index (χ1) is 6.10. The molecule has 72 valence electrons. The van der Waals surface area contributed by atoms with Crippen LogP contribution in [-0.2, 0) is 9.53 Å². The Balaban J connectivity index is 2.36. The van der Waals surface area contributed by atoms with Crippen LogP contribution in [0.15, 0.2) is 12.2 Å². The van der Waals surface area contributed by atoms with Crippen LogP contribution in [0, 0.1) is 11.8 Å². The van der Waals surface area contributed by atoms with Gasteiger partial charge in [-0.1, -0.05) is 19.9 Å². The fourth-order valence-corrected chi connectivity index (χ4v) is 2.97.